The summed E-state index contributed by atoms with van der Waals surface area (Å²) < 4.78 is 17.8. The van der Waals surface area contributed by atoms with Gasteiger partial charge in [0, 0.05) is 6.04 Å². The summed E-state index contributed by atoms with van der Waals surface area (Å²) in [4.78, 5) is 23.6. The second-order valence-electron chi connectivity index (χ2n) is 6.41. The van der Waals surface area contributed by atoms with Crippen LogP contribution in [0.1, 0.15) is 38.7 Å². The minimum absolute atomic E-state index is 0.0322. The molecule has 4 nitrogen and oxygen atoms in total. The van der Waals surface area contributed by atoms with Gasteiger partial charge in [0.05, 0.1) is 6.42 Å². The number of ether oxygens (including phenoxy) is 1. The molecule has 1 amide bonds. The van der Waals surface area contributed by atoms with Crippen LogP contribution >= 0.6 is 0 Å². The van der Waals surface area contributed by atoms with Crippen molar-refractivity contribution in [1.82, 2.24) is 5.32 Å². The van der Waals surface area contributed by atoms with Crippen LogP contribution in [0.4, 0.5) is 4.39 Å². The Bertz CT molecular complexity index is 544. The molecule has 1 saturated carbocycles. The van der Waals surface area contributed by atoms with Crippen LogP contribution in [0.2, 0.25) is 0 Å². The van der Waals surface area contributed by atoms with Crippen LogP contribution in [0.15, 0.2) is 24.3 Å². The Kier molecular flexibility index (Phi) is 6.13. The van der Waals surface area contributed by atoms with E-state index in [1.807, 2.05) is 0 Å². The van der Waals surface area contributed by atoms with Gasteiger partial charge >= 0.3 is 5.97 Å². The molecule has 1 aliphatic carbocycles. The molecule has 126 valence electrons. The molecule has 3 unspecified atom stereocenters. The SMILES string of the molecule is CC1CCCC(NC(=O)COC(=O)Cc2ccc(F)cc2)C1C. The van der Waals surface area contributed by atoms with Gasteiger partial charge in [0.15, 0.2) is 6.61 Å². The monoisotopic (exact) mass is 321 g/mol. The van der Waals surface area contributed by atoms with Crippen LogP contribution in [0.25, 0.3) is 0 Å². The standard InChI is InChI=1S/C18H24FNO3/c1-12-4-3-5-16(13(12)2)20-17(21)11-23-18(22)10-14-6-8-15(19)9-7-14/h6-9,12-13,16H,3-5,10-11H2,1-2H3,(H,20,21). The summed E-state index contributed by atoms with van der Waals surface area (Å²) in [6, 6.07) is 5.80. The summed E-state index contributed by atoms with van der Waals surface area (Å²) in [5, 5.41) is 2.96. The highest BCUT2D eigenvalue weighted by atomic mass is 19.1. The average Bonchev–Trinajstić information content (AvgIpc) is 2.52. The number of amides is 1. The molecule has 0 heterocycles. The Morgan fingerprint density at radius 1 is 1.22 bits per heavy atom. The molecule has 0 aromatic heterocycles. The Labute approximate surface area is 136 Å². The predicted molar refractivity (Wildman–Crippen MR) is 85.2 cm³/mol. The van der Waals surface area contributed by atoms with Crippen molar-refractivity contribution in [3.63, 3.8) is 0 Å². The van der Waals surface area contributed by atoms with E-state index in [2.05, 4.69) is 19.2 Å². The summed E-state index contributed by atoms with van der Waals surface area (Å²) in [5.41, 5.74) is 0.659. The Hall–Kier alpha value is -1.91. The fourth-order valence-electron chi connectivity index (χ4n) is 3.00. The number of halogens is 1. The van der Waals surface area contributed by atoms with Crippen molar-refractivity contribution in [3.05, 3.63) is 35.6 Å². The number of esters is 1. The lowest BCUT2D eigenvalue weighted by Gasteiger charge is -2.34. The third-order valence-corrected chi connectivity index (χ3v) is 4.68. The average molecular weight is 321 g/mol. The number of hydrogen-bond donors (Lipinski definition) is 1. The summed E-state index contributed by atoms with van der Waals surface area (Å²) >= 11 is 0. The molecule has 1 aliphatic rings. The molecule has 0 aliphatic heterocycles. The lowest BCUT2D eigenvalue weighted by atomic mass is 9.78. The van der Waals surface area contributed by atoms with Crippen molar-refractivity contribution >= 4 is 11.9 Å². The number of carbonyl (C=O) groups excluding carboxylic acids is 2. The van der Waals surface area contributed by atoms with Gasteiger partial charge in [-0.2, -0.15) is 0 Å². The smallest absolute Gasteiger partial charge is 0.310 e. The highest BCUT2D eigenvalue weighted by molar-refractivity contribution is 5.81. The van der Waals surface area contributed by atoms with Crippen molar-refractivity contribution in [2.45, 2.75) is 45.6 Å². The Morgan fingerprint density at radius 2 is 1.91 bits per heavy atom. The maximum atomic E-state index is 12.8. The fraction of sp³-hybridized carbons (Fsp3) is 0.556. The van der Waals surface area contributed by atoms with Crippen LogP contribution in [0.3, 0.4) is 0 Å². The molecule has 1 fully saturated rings. The maximum Gasteiger partial charge on any atom is 0.310 e. The zero-order valence-electron chi connectivity index (χ0n) is 13.7. The van der Waals surface area contributed by atoms with Crippen LogP contribution in [-0.4, -0.2) is 24.5 Å². The molecule has 1 N–H and O–H groups in total. The van der Waals surface area contributed by atoms with Gasteiger partial charge in [0.25, 0.3) is 5.91 Å². The van der Waals surface area contributed by atoms with Gasteiger partial charge in [-0.3, -0.25) is 9.59 Å². The van der Waals surface area contributed by atoms with E-state index in [1.54, 1.807) is 0 Å². The van der Waals surface area contributed by atoms with E-state index < -0.39 is 5.97 Å². The first-order valence-electron chi connectivity index (χ1n) is 8.15. The normalized spacial score (nSPS) is 24.0. The predicted octanol–water partition coefficient (Wildman–Crippen LogP) is 2.85. The van der Waals surface area contributed by atoms with Gasteiger partial charge in [0.2, 0.25) is 0 Å². The molecule has 1 aromatic carbocycles. The minimum atomic E-state index is -0.489. The second kappa shape index (κ2) is 8.09. The molecule has 2 rings (SSSR count). The molecule has 0 spiro atoms. The summed E-state index contributed by atoms with van der Waals surface area (Å²) in [5.74, 6) is -0.0738. The van der Waals surface area contributed by atoms with E-state index in [9.17, 15) is 14.0 Å². The van der Waals surface area contributed by atoms with Crippen LogP contribution in [0, 0.1) is 17.7 Å². The number of hydrogen-bond acceptors (Lipinski definition) is 3. The lowest BCUT2D eigenvalue weighted by Crippen LogP contribution is -2.45. The number of benzene rings is 1. The third kappa shape index (κ3) is 5.34. The highest BCUT2D eigenvalue weighted by Crippen LogP contribution is 2.29. The fourth-order valence-corrected chi connectivity index (χ4v) is 3.00. The molecule has 23 heavy (non-hydrogen) atoms. The first-order chi connectivity index (χ1) is 11.0. The zero-order chi connectivity index (χ0) is 16.8. The first kappa shape index (κ1) is 17.4. The van der Waals surface area contributed by atoms with E-state index >= 15 is 0 Å². The quantitative estimate of drug-likeness (QED) is 0.849. The van der Waals surface area contributed by atoms with Crippen molar-refractivity contribution < 1.29 is 18.7 Å². The summed E-state index contributed by atoms with van der Waals surface area (Å²) in [6.07, 6.45) is 3.31. The molecular weight excluding hydrogens is 297 g/mol. The van der Waals surface area contributed by atoms with Gasteiger partial charge in [-0.1, -0.05) is 38.8 Å². The van der Waals surface area contributed by atoms with Crippen LogP contribution in [-0.2, 0) is 20.7 Å². The summed E-state index contributed by atoms with van der Waals surface area (Å²) in [6.45, 7) is 4.08. The van der Waals surface area contributed by atoms with E-state index in [1.165, 1.54) is 30.7 Å². The molecule has 0 bridgehead atoms. The van der Waals surface area contributed by atoms with Gasteiger partial charge in [-0.05, 0) is 36.0 Å². The third-order valence-electron chi connectivity index (χ3n) is 4.68. The van der Waals surface area contributed by atoms with Gasteiger partial charge in [-0.15, -0.1) is 0 Å². The Morgan fingerprint density at radius 3 is 2.61 bits per heavy atom. The second-order valence-corrected chi connectivity index (χ2v) is 6.41. The van der Waals surface area contributed by atoms with Crippen molar-refractivity contribution in [3.8, 4) is 0 Å². The van der Waals surface area contributed by atoms with Crippen molar-refractivity contribution in [2.24, 2.45) is 11.8 Å². The molecule has 3 atom stereocenters. The van der Waals surface area contributed by atoms with Crippen LogP contribution in [0.5, 0.6) is 0 Å². The first-order valence-corrected chi connectivity index (χ1v) is 8.15. The van der Waals surface area contributed by atoms with Crippen LogP contribution < -0.4 is 5.32 Å². The molecular formula is C18H24FNO3. The van der Waals surface area contributed by atoms with E-state index in [0.717, 1.165) is 12.8 Å². The molecule has 0 radical (unpaired) electrons. The zero-order valence-corrected chi connectivity index (χ0v) is 13.7. The highest BCUT2D eigenvalue weighted by Gasteiger charge is 2.28. The Balaban J connectivity index is 1.73. The molecule has 5 heteroatoms. The van der Waals surface area contributed by atoms with Gasteiger partial charge in [-0.25, -0.2) is 4.39 Å². The largest absolute Gasteiger partial charge is 0.455 e. The topological polar surface area (TPSA) is 55.4 Å². The van der Waals surface area contributed by atoms with E-state index in [4.69, 9.17) is 4.74 Å². The van der Waals surface area contributed by atoms with Gasteiger partial charge in [0.1, 0.15) is 5.82 Å². The molecule has 0 saturated heterocycles. The number of carbonyl (C=O) groups is 2. The van der Waals surface area contributed by atoms with E-state index in [-0.39, 0.29) is 30.8 Å². The molecule has 1 aromatic rings. The lowest BCUT2D eigenvalue weighted by molar-refractivity contribution is -0.148. The van der Waals surface area contributed by atoms with Gasteiger partial charge < -0.3 is 10.1 Å². The number of nitrogens with one attached hydrogen (secondary N) is 1. The maximum absolute atomic E-state index is 12.8. The van der Waals surface area contributed by atoms with Crippen molar-refractivity contribution in [2.75, 3.05) is 6.61 Å². The number of rotatable bonds is 5. The minimum Gasteiger partial charge on any atom is -0.455 e. The van der Waals surface area contributed by atoms with Crippen molar-refractivity contribution in [1.29, 1.82) is 0 Å². The summed E-state index contributed by atoms with van der Waals surface area (Å²) in [7, 11) is 0. The van der Waals surface area contributed by atoms with E-state index in [0.29, 0.717) is 17.4 Å².